The quantitative estimate of drug-likeness (QED) is 0.681. The molecule has 0 radical (unpaired) electrons. The van der Waals surface area contributed by atoms with Crippen LogP contribution in [0, 0.1) is 10.1 Å². The Hall–Kier alpha value is -2.12. The van der Waals surface area contributed by atoms with Crippen molar-refractivity contribution < 1.29 is 14.5 Å². The van der Waals surface area contributed by atoms with E-state index in [1.807, 2.05) is 0 Å². The number of anilines is 1. The van der Waals surface area contributed by atoms with Crippen LogP contribution >= 0.6 is 0 Å². The minimum atomic E-state index is -0.748. The molecule has 1 aliphatic carbocycles. The maximum Gasteiger partial charge on any atom is 0.413 e. The summed E-state index contributed by atoms with van der Waals surface area (Å²) in [5.41, 5.74) is -0.889. The lowest BCUT2D eigenvalue weighted by Gasteiger charge is -2.19. The van der Waals surface area contributed by atoms with Crippen LogP contribution in [0.3, 0.4) is 0 Å². The van der Waals surface area contributed by atoms with Crippen LogP contribution in [0.4, 0.5) is 16.3 Å². The fourth-order valence-corrected chi connectivity index (χ4v) is 2.36. The Labute approximate surface area is 122 Å². The number of nitro groups is 1. The molecule has 0 saturated heterocycles. The first-order chi connectivity index (χ1) is 9.76. The Balaban J connectivity index is 2.17. The SMILES string of the molecule is CC(C)(C)OC(=O)Nc1nn(C2CCCC2)cc1[N+](=O)[O-]. The molecule has 0 spiro atoms. The molecular weight excluding hydrogens is 276 g/mol. The highest BCUT2D eigenvalue weighted by molar-refractivity contribution is 5.86. The third kappa shape index (κ3) is 3.93. The lowest BCUT2D eigenvalue weighted by Crippen LogP contribution is -2.27. The summed E-state index contributed by atoms with van der Waals surface area (Å²) in [7, 11) is 0. The minimum absolute atomic E-state index is 0.0684. The van der Waals surface area contributed by atoms with E-state index in [9.17, 15) is 14.9 Å². The van der Waals surface area contributed by atoms with Crippen LogP contribution in [0.15, 0.2) is 6.20 Å². The average Bonchev–Trinajstić information content (AvgIpc) is 2.93. The zero-order chi connectivity index (χ0) is 15.6. The van der Waals surface area contributed by atoms with E-state index >= 15 is 0 Å². The molecule has 0 aromatic carbocycles. The second-order valence-electron chi connectivity index (χ2n) is 6.17. The normalized spacial score (nSPS) is 16.0. The van der Waals surface area contributed by atoms with E-state index in [0.29, 0.717) is 0 Å². The van der Waals surface area contributed by atoms with E-state index in [4.69, 9.17) is 4.74 Å². The van der Waals surface area contributed by atoms with Crippen LogP contribution in [0.5, 0.6) is 0 Å². The van der Waals surface area contributed by atoms with Gasteiger partial charge in [0.05, 0.1) is 11.0 Å². The van der Waals surface area contributed by atoms with Crippen LogP contribution in [-0.4, -0.2) is 26.4 Å². The Morgan fingerprint density at radius 3 is 2.62 bits per heavy atom. The van der Waals surface area contributed by atoms with Gasteiger partial charge in [0, 0.05) is 0 Å². The van der Waals surface area contributed by atoms with Crippen molar-refractivity contribution in [2.45, 2.75) is 58.1 Å². The number of nitrogens with zero attached hydrogens (tertiary/aromatic N) is 3. The van der Waals surface area contributed by atoms with Crippen LogP contribution in [0.1, 0.15) is 52.5 Å². The molecule has 1 saturated carbocycles. The number of carbonyl (C=O) groups excluding carboxylic acids is 1. The number of ether oxygens (including phenoxy) is 1. The van der Waals surface area contributed by atoms with Crippen LogP contribution < -0.4 is 5.32 Å². The topological polar surface area (TPSA) is 99.3 Å². The van der Waals surface area contributed by atoms with E-state index < -0.39 is 16.6 Å². The number of hydrogen-bond acceptors (Lipinski definition) is 5. The van der Waals surface area contributed by atoms with Gasteiger partial charge < -0.3 is 4.74 Å². The smallest absolute Gasteiger partial charge is 0.413 e. The predicted octanol–water partition coefficient (Wildman–Crippen LogP) is 3.25. The molecule has 2 rings (SSSR count). The maximum absolute atomic E-state index is 11.7. The number of nitrogens with one attached hydrogen (secondary N) is 1. The number of aromatic nitrogens is 2. The van der Waals surface area contributed by atoms with E-state index in [2.05, 4.69) is 10.4 Å². The molecule has 8 heteroatoms. The summed E-state index contributed by atoms with van der Waals surface area (Å²) in [5.74, 6) is -0.0684. The van der Waals surface area contributed by atoms with Gasteiger partial charge in [-0.05, 0) is 33.6 Å². The van der Waals surface area contributed by atoms with Crippen LogP contribution in [0.2, 0.25) is 0 Å². The second-order valence-corrected chi connectivity index (χ2v) is 6.17. The van der Waals surface area contributed by atoms with Crippen molar-refractivity contribution in [1.29, 1.82) is 0 Å². The predicted molar refractivity (Wildman–Crippen MR) is 76.2 cm³/mol. The first kappa shape index (κ1) is 15.3. The molecule has 0 aliphatic heterocycles. The van der Waals surface area contributed by atoms with E-state index in [1.54, 1.807) is 25.5 Å². The molecule has 1 aromatic rings. The van der Waals surface area contributed by atoms with Crippen molar-refractivity contribution in [2.24, 2.45) is 0 Å². The molecule has 1 amide bonds. The molecule has 21 heavy (non-hydrogen) atoms. The van der Waals surface area contributed by atoms with Crippen molar-refractivity contribution in [1.82, 2.24) is 9.78 Å². The largest absolute Gasteiger partial charge is 0.444 e. The summed E-state index contributed by atoms with van der Waals surface area (Å²) in [6.45, 7) is 5.16. The molecule has 1 aromatic heterocycles. The third-order valence-electron chi connectivity index (χ3n) is 3.23. The summed E-state index contributed by atoms with van der Waals surface area (Å²) >= 11 is 0. The summed E-state index contributed by atoms with van der Waals surface area (Å²) in [5, 5.41) is 17.6. The zero-order valence-electron chi connectivity index (χ0n) is 12.5. The lowest BCUT2D eigenvalue weighted by molar-refractivity contribution is -0.384. The Kier molecular flexibility index (Phi) is 4.15. The fourth-order valence-electron chi connectivity index (χ4n) is 2.36. The minimum Gasteiger partial charge on any atom is -0.444 e. The standard InChI is InChI=1S/C13H20N4O4/c1-13(2,3)21-12(18)14-11-10(17(19)20)8-16(15-11)9-6-4-5-7-9/h8-9H,4-7H2,1-3H3,(H,14,15,18). The molecule has 116 valence electrons. The van der Waals surface area contributed by atoms with Gasteiger partial charge in [0.2, 0.25) is 5.82 Å². The Morgan fingerprint density at radius 1 is 1.48 bits per heavy atom. The van der Waals surface area contributed by atoms with Gasteiger partial charge in [-0.25, -0.2) is 4.79 Å². The van der Waals surface area contributed by atoms with Gasteiger partial charge in [0.15, 0.2) is 0 Å². The molecule has 1 fully saturated rings. The van der Waals surface area contributed by atoms with Crippen molar-refractivity contribution in [3.05, 3.63) is 16.3 Å². The van der Waals surface area contributed by atoms with E-state index in [-0.39, 0.29) is 17.5 Å². The van der Waals surface area contributed by atoms with Gasteiger partial charge in [-0.15, -0.1) is 5.10 Å². The highest BCUT2D eigenvalue weighted by Gasteiger charge is 2.27. The number of carbonyl (C=O) groups is 1. The molecule has 0 unspecified atom stereocenters. The molecule has 1 N–H and O–H groups in total. The highest BCUT2D eigenvalue weighted by Crippen LogP contribution is 2.32. The molecule has 0 atom stereocenters. The molecule has 1 aliphatic rings. The summed E-state index contributed by atoms with van der Waals surface area (Å²) in [6.07, 6.45) is 4.71. The highest BCUT2D eigenvalue weighted by atomic mass is 16.6. The van der Waals surface area contributed by atoms with Crippen molar-refractivity contribution in [2.75, 3.05) is 5.32 Å². The van der Waals surface area contributed by atoms with Gasteiger partial charge in [0.25, 0.3) is 0 Å². The van der Waals surface area contributed by atoms with Crippen molar-refractivity contribution >= 4 is 17.6 Å². The van der Waals surface area contributed by atoms with Gasteiger partial charge in [-0.3, -0.25) is 20.1 Å². The summed E-state index contributed by atoms with van der Waals surface area (Å²) < 4.78 is 6.67. The van der Waals surface area contributed by atoms with Gasteiger partial charge in [0.1, 0.15) is 11.8 Å². The van der Waals surface area contributed by atoms with Gasteiger partial charge in [-0.2, -0.15) is 0 Å². The molecule has 8 nitrogen and oxygen atoms in total. The maximum atomic E-state index is 11.7. The van der Waals surface area contributed by atoms with Crippen molar-refractivity contribution in [3.8, 4) is 0 Å². The van der Waals surface area contributed by atoms with Crippen LogP contribution in [0.25, 0.3) is 0 Å². The van der Waals surface area contributed by atoms with Gasteiger partial charge in [-0.1, -0.05) is 12.8 Å². The number of hydrogen-bond donors (Lipinski definition) is 1. The van der Waals surface area contributed by atoms with E-state index in [1.165, 1.54) is 6.20 Å². The monoisotopic (exact) mass is 296 g/mol. The number of rotatable bonds is 3. The Bertz CT molecular complexity index is 541. The zero-order valence-corrected chi connectivity index (χ0v) is 12.5. The molecular formula is C13H20N4O4. The Morgan fingerprint density at radius 2 is 2.10 bits per heavy atom. The number of amides is 1. The lowest BCUT2D eigenvalue weighted by atomic mass is 10.2. The van der Waals surface area contributed by atoms with Gasteiger partial charge >= 0.3 is 11.8 Å². The van der Waals surface area contributed by atoms with Crippen molar-refractivity contribution in [3.63, 3.8) is 0 Å². The third-order valence-corrected chi connectivity index (χ3v) is 3.23. The molecule has 0 bridgehead atoms. The second kappa shape index (κ2) is 5.71. The first-order valence-corrected chi connectivity index (χ1v) is 7.00. The first-order valence-electron chi connectivity index (χ1n) is 7.00. The van der Waals surface area contributed by atoms with Crippen LogP contribution in [-0.2, 0) is 4.74 Å². The summed E-state index contributed by atoms with van der Waals surface area (Å²) in [4.78, 5) is 22.3. The average molecular weight is 296 g/mol. The molecule has 1 heterocycles. The fraction of sp³-hybridized carbons (Fsp3) is 0.692. The summed E-state index contributed by atoms with van der Waals surface area (Å²) in [6, 6.07) is 0.165. The van der Waals surface area contributed by atoms with E-state index in [0.717, 1.165) is 25.7 Å².